The lowest BCUT2D eigenvalue weighted by atomic mass is 10.1. The van der Waals surface area contributed by atoms with E-state index in [9.17, 15) is 4.79 Å². The van der Waals surface area contributed by atoms with Gasteiger partial charge in [0.25, 0.3) is 5.91 Å². The van der Waals surface area contributed by atoms with Crippen LogP contribution in [0.1, 0.15) is 41.6 Å². The molecule has 3 rings (SSSR count). The first kappa shape index (κ1) is 15.1. The molecule has 1 aromatic carbocycles. The van der Waals surface area contributed by atoms with E-state index in [-0.39, 0.29) is 5.91 Å². The van der Waals surface area contributed by atoms with Crippen LogP contribution in [-0.2, 0) is 6.67 Å². The van der Waals surface area contributed by atoms with E-state index >= 15 is 0 Å². The largest absolute Gasteiger partial charge is 0.318 e. The zero-order valence-corrected chi connectivity index (χ0v) is 13.9. The minimum atomic E-state index is 0.0195. The number of fused-ring (bicyclic) bond motifs is 1. The number of rotatable bonds is 4. The number of halogens is 1. The maximum atomic E-state index is 12.4. The molecule has 0 unspecified atom stereocenters. The minimum absolute atomic E-state index is 0.0195. The van der Waals surface area contributed by atoms with E-state index in [0.29, 0.717) is 17.5 Å². The molecule has 1 aliphatic heterocycles. The highest BCUT2D eigenvalue weighted by molar-refractivity contribution is 6.33. The average molecular weight is 318 g/mol. The van der Waals surface area contributed by atoms with Gasteiger partial charge in [-0.25, -0.2) is 4.98 Å². The fraction of sp³-hybridized carbons (Fsp3) is 0.412. The Bertz CT molecular complexity index is 736. The molecule has 1 aromatic heterocycles. The van der Waals surface area contributed by atoms with Gasteiger partial charge >= 0.3 is 0 Å². The van der Waals surface area contributed by atoms with Crippen molar-refractivity contribution in [2.45, 2.75) is 40.3 Å². The number of unbranched alkanes of at least 4 members (excludes halogenated alkanes) is 1. The van der Waals surface area contributed by atoms with Gasteiger partial charge in [0.15, 0.2) is 0 Å². The molecule has 0 radical (unpaired) electrons. The molecular formula is C17H20ClN3O. The number of aromatic nitrogens is 2. The summed E-state index contributed by atoms with van der Waals surface area (Å²) in [6, 6.07) is 5.99. The zero-order chi connectivity index (χ0) is 15.9. The number of carbonyl (C=O) groups excluding carboxylic acids is 1. The second kappa shape index (κ2) is 5.76. The quantitative estimate of drug-likeness (QED) is 0.853. The molecule has 0 saturated heterocycles. The molecule has 0 saturated carbocycles. The van der Waals surface area contributed by atoms with E-state index in [2.05, 4.69) is 11.9 Å². The molecular weight excluding hydrogens is 298 g/mol. The van der Waals surface area contributed by atoms with Gasteiger partial charge in [-0.2, -0.15) is 0 Å². The van der Waals surface area contributed by atoms with E-state index in [1.165, 1.54) is 0 Å². The van der Waals surface area contributed by atoms with Gasteiger partial charge in [0.1, 0.15) is 0 Å². The third kappa shape index (κ3) is 2.41. The van der Waals surface area contributed by atoms with Gasteiger partial charge in [0.05, 0.1) is 23.1 Å². The summed E-state index contributed by atoms with van der Waals surface area (Å²) in [5.41, 5.74) is 3.86. The minimum Gasteiger partial charge on any atom is -0.318 e. The Labute approximate surface area is 135 Å². The second-order valence-electron chi connectivity index (χ2n) is 5.84. The highest BCUT2D eigenvalue weighted by Crippen LogP contribution is 2.34. The van der Waals surface area contributed by atoms with E-state index in [1.54, 1.807) is 0 Å². The lowest BCUT2D eigenvalue weighted by Gasteiger charge is -2.16. The number of carbonyl (C=O) groups is 1. The second-order valence-corrected chi connectivity index (χ2v) is 6.25. The Morgan fingerprint density at radius 2 is 2.09 bits per heavy atom. The smallest absolute Gasteiger partial charge is 0.291 e. The molecule has 0 bridgehead atoms. The van der Waals surface area contributed by atoms with Gasteiger partial charge in [0, 0.05) is 12.1 Å². The Morgan fingerprint density at radius 1 is 1.32 bits per heavy atom. The summed E-state index contributed by atoms with van der Waals surface area (Å²) in [4.78, 5) is 18.8. The zero-order valence-electron chi connectivity index (χ0n) is 13.2. The van der Waals surface area contributed by atoms with Crippen LogP contribution < -0.4 is 0 Å². The number of hydrogen-bond acceptors (Lipinski definition) is 2. The van der Waals surface area contributed by atoms with Gasteiger partial charge in [-0.05, 0) is 31.9 Å². The summed E-state index contributed by atoms with van der Waals surface area (Å²) in [5.74, 6) is 0.547. The molecule has 2 aromatic rings. The third-order valence-corrected chi connectivity index (χ3v) is 4.41. The molecule has 22 heavy (non-hydrogen) atoms. The van der Waals surface area contributed by atoms with Crippen molar-refractivity contribution >= 4 is 17.5 Å². The monoisotopic (exact) mass is 317 g/mol. The summed E-state index contributed by atoms with van der Waals surface area (Å²) < 4.78 is 1.99. The molecule has 116 valence electrons. The topological polar surface area (TPSA) is 38.1 Å². The number of imidazole rings is 1. The van der Waals surface area contributed by atoms with E-state index in [1.807, 2.05) is 41.5 Å². The molecule has 0 spiro atoms. The van der Waals surface area contributed by atoms with Crippen molar-refractivity contribution in [3.63, 3.8) is 0 Å². The van der Waals surface area contributed by atoms with Crippen molar-refractivity contribution in [2.24, 2.45) is 0 Å². The summed E-state index contributed by atoms with van der Waals surface area (Å²) in [6.07, 6.45) is 2.08. The maximum absolute atomic E-state index is 12.4. The van der Waals surface area contributed by atoms with Crippen LogP contribution in [-0.4, -0.2) is 26.9 Å². The molecule has 0 aliphatic carbocycles. The van der Waals surface area contributed by atoms with Gasteiger partial charge in [0.2, 0.25) is 5.82 Å². The van der Waals surface area contributed by atoms with Crippen LogP contribution >= 0.6 is 11.6 Å². The van der Waals surface area contributed by atoms with Crippen molar-refractivity contribution in [3.8, 4) is 11.3 Å². The fourth-order valence-electron chi connectivity index (χ4n) is 2.92. The standard InChI is InChI=1S/C17H20ClN3O/c1-4-5-8-20-10-21-15(12(3)19-16(21)17(20)22)13-7-6-11(2)9-14(13)18/h6-7,9H,4-5,8,10H2,1-3H3. The molecule has 0 atom stereocenters. The molecule has 2 heterocycles. The van der Waals surface area contributed by atoms with Gasteiger partial charge in [-0.1, -0.05) is 37.1 Å². The van der Waals surface area contributed by atoms with Gasteiger partial charge in [-0.15, -0.1) is 0 Å². The summed E-state index contributed by atoms with van der Waals surface area (Å²) in [7, 11) is 0. The van der Waals surface area contributed by atoms with Crippen molar-refractivity contribution in [2.75, 3.05) is 6.54 Å². The lowest BCUT2D eigenvalue weighted by molar-refractivity contribution is 0.0763. The predicted octanol–water partition coefficient (Wildman–Crippen LogP) is 4.03. The summed E-state index contributed by atoms with van der Waals surface area (Å²) in [5, 5.41) is 0.699. The average Bonchev–Trinajstić information content (AvgIpc) is 2.94. The third-order valence-electron chi connectivity index (χ3n) is 4.09. The Kier molecular flexibility index (Phi) is 3.96. The van der Waals surface area contributed by atoms with Crippen LogP contribution in [0.15, 0.2) is 18.2 Å². The molecule has 1 aliphatic rings. The van der Waals surface area contributed by atoms with Crippen molar-refractivity contribution in [3.05, 3.63) is 40.3 Å². The van der Waals surface area contributed by atoms with E-state index in [0.717, 1.165) is 41.9 Å². The highest BCUT2D eigenvalue weighted by Gasteiger charge is 2.32. The number of nitrogens with zero attached hydrogens (tertiary/aromatic N) is 3. The van der Waals surface area contributed by atoms with Crippen LogP contribution in [0.5, 0.6) is 0 Å². The molecule has 0 fully saturated rings. The number of hydrogen-bond donors (Lipinski definition) is 0. The first-order valence-corrected chi connectivity index (χ1v) is 8.03. The molecule has 4 nitrogen and oxygen atoms in total. The van der Waals surface area contributed by atoms with Crippen molar-refractivity contribution < 1.29 is 4.79 Å². The lowest BCUT2D eigenvalue weighted by Crippen LogP contribution is -2.26. The predicted molar refractivity (Wildman–Crippen MR) is 88.1 cm³/mol. The SMILES string of the molecule is CCCCN1Cn2c(nc(C)c2-c2ccc(C)cc2Cl)C1=O. The Morgan fingerprint density at radius 3 is 2.77 bits per heavy atom. The number of amides is 1. The molecule has 1 amide bonds. The molecule has 0 N–H and O–H groups in total. The van der Waals surface area contributed by atoms with Crippen LogP contribution in [0.2, 0.25) is 5.02 Å². The first-order chi connectivity index (χ1) is 10.5. The van der Waals surface area contributed by atoms with E-state index < -0.39 is 0 Å². The summed E-state index contributed by atoms with van der Waals surface area (Å²) >= 11 is 6.41. The fourth-order valence-corrected chi connectivity index (χ4v) is 3.25. The maximum Gasteiger partial charge on any atom is 0.291 e. The molecule has 5 heteroatoms. The van der Waals surface area contributed by atoms with Crippen LogP contribution in [0.4, 0.5) is 0 Å². The number of aryl methyl sites for hydroxylation is 2. The first-order valence-electron chi connectivity index (χ1n) is 7.65. The highest BCUT2D eigenvalue weighted by atomic mass is 35.5. The van der Waals surface area contributed by atoms with Crippen molar-refractivity contribution in [1.82, 2.24) is 14.5 Å². The summed E-state index contributed by atoms with van der Waals surface area (Å²) in [6.45, 7) is 7.41. The number of benzene rings is 1. The van der Waals surface area contributed by atoms with Gasteiger partial charge < -0.3 is 9.47 Å². The van der Waals surface area contributed by atoms with Crippen LogP contribution in [0, 0.1) is 13.8 Å². The van der Waals surface area contributed by atoms with Crippen molar-refractivity contribution in [1.29, 1.82) is 0 Å². The van der Waals surface area contributed by atoms with Crippen LogP contribution in [0.3, 0.4) is 0 Å². The Balaban J connectivity index is 2.03. The van der Waals surface area contributed by atoms with Crippen LogP contribution in [0.25, 0.3) is 11.3 Å². The van der Waals surface area contributed by atoms with E-state index in [4.69, 9.17) is 11.6 Å². The normalized spacial score (nSPS) is 13.8. The van der Waals surface area contributed by atoms with Gasteiger partial charge in [-0.3, -0.25) is 4.79 Å². The Hall–Kier alpha value is -1.81.